The largest absolute Gasteiger partial charge is 0.439 e. The van der Waals surface area contributed by atoms with Gasteiger partial charge in [-0.15, -0.1) is 0 Å². The molecule has 0 unspecified atom stereocenters. The van der Waals surface area contributed by atoms with Crippen molar-refractivity contribution in [3.05, 3.63) is 66.6 Å². The van der Waals surface area contributed by atoms with E-state index in [1.54, 1.807) is 30.5 Å². The lowest BCUT2D eigenvalue weighted by Gasteiger charge is -2.06. The Morgan fingerprint density at radius 1 is 1.40 bits per heavy atom. The first-order valence-electron chi connectivity index (χ1n) is 5.96. The highest BCUT2D eigenvalue weighted by Gasteiger charge is 2.01. The predicted molar refractivity (Wildman–Crippen MR) is 72.8 cm³/mol. The SMILES string of the molecule is C=CC(=O)NCc1ccc(Oc2cccc(F)c2)nc1. The molecule has 0 aliphatic heterocycles. The molecule has 4 nitrogen and oxygen atoms in total. The summed E-state index contributed by atoms with van der Waals surface area (Å²) in [4.78, 5) is 15.1. The van der Waals surface area contributed by atoms with Crippen molar-refractivity contribution in [3.63, 3.8) is 0 Å². The Labute approximate surface area is 115 Å². The van der Waals surface area contributed by atoms with Crippen LogP contribution in [0.15, 0.2) is 55.3 Å². The lowest BCUT2D eigenvalue weighted by molar-refractivity contribution is -0.116. The number of nitrogens with one attached hydrogen (secondary N) is 1. The van der Waals surface area contributed by atoms with Gasteiger partial charge in [-0.1, -0.05) is 18.7 Å². The van der Waals surface area contributed by atoms with E-state index in [9.17, 15) is 9.18 Å². The lowest BCUT2D eigenvalue weighted by Crippen LogP contribution is -2.19. The Hall–Kier alpha value is -2.69. The van der Waals surface area contributed by atoms with Gasteiger partial charge in [0, 0.05) is 24.9 Å². The van der Waals surface area contributed by atoms with Crippen LogP contribution in [0.25, 0.3) is 0 Å². The molecule has 2 aromatic rings. The van der Waals surface area contributed by atoms with E-state index in [2.05, 4.69) is 16.9 Å². The van der Waals surface area contributed by atoms with Crippen molar-refractivity contribution in [2.45, 2.75) is 6.54 Å². The van der Waals surface area contributed by atoms with Crippen molar-refractivity contribution in [2.24, 2.45) is 0 Å². The molecule has 0 bridgehead atoms. The Morgan fingerprint density at radius 2 is 2.25 bits per heavy atom. The maximum atomic E-state index is 13.0. The monoisotopic (exact) mass is 272 g/mol. The van der Waals surface area contributed by atoms with E-state index < -0.39 is 0 Å². The van der Waals surface area contributed by atoms with Gasteiger partial charge in [-0.2, -0.15) is 0 Å². The minimum atomic E-state index is -0.369. The standard InChI is InChI=1S/C15H13FN2O2/c1-2-14(19)17-9-11-6-7-15(18-10-11)20-13-5-3-4-12(16)8-13/h2-8,10H,1,9H2,(H,17,19). The van der Waals surface area contributed by atoms with Gasteiger partial charge < -0.3 is 10.1 Å². The smallest absolute Gasteiger partial charge is 0.243 e. The van der Waals surface area contributed by atoms with E-state index in [0.717, 1.165) is 5.56 Å². The second-order valence-electron chi connectivity index (χ2n) is 3.99. The topological polar surface area (TPSA) is 51.2 Å². The number of hydrogen-bond donors (Lipinski definition) is 1. The Bertz CT molecular complexity index is 612. The zero-order valence-corrected chi connectivity index (χ0v) is 10.7. The molecule has 102 valence electrons. The van der Waals surface area contributed by atoms with E-state index in [1.807, 2.05) is 0 Å². The summed E-state index contributed by atoms with van der Waals surface area (Å²) in [5.41, 5.74) is 0.826. The zero-order chi connectivity index (χ0) is 14.4. The molecule has 0 aliphatic carbocycles. The number of carbonyl (C=O) groups excluding carboxylic acids is 1. The molecule has 1 heterocycles. The van der Waals surface area contributed by atoms with E-state index in [-0.39, 0.29) is 11.7 Å². The van der Waals surface area contributed by atoms with Gasteiger partial charge in [0.05, 0.1) is 0 Å². The summed E-state index contributed by atoms with van der Waals surface area (Å²) in [6.45, 7) is 3.72. The van der Waals surface area contributed by atoms with E-state index in [4.69, 9.17) is 4.74 Å². The van der Waals surface area contributed by atoms with Crippen LogP contribution in [0.3, 0.4) is 0 Å². The first kappa shape index (κ1) is 13.7. The Morgan fingerprint density at radius 3 is 2.90 bits per heavy atom. The van der Waals surface area contributed by atoms with E-state index in [1.165, 1.54) is 18.2 Å². The molecule has 0 saturated heterocycles. The van der Waals surface area contributed by atoms with Crippen LogP contribution in [0.5, 0.6) is 11.6 Å². The second-order valence-corrected chi connectivity index (χ2v) is 3.99. The molecule has 0 spiro atoms. The number of halogens is 1. The highest BCUT2D eigenvalue weighted by Crippen LogP contribution is 2.19. The summed E-state index contributed by atoms with van der Waals surface area (Å²) in [6, 6.07) is 9.24. The summed E-state index contributed by atoms with van der Waals surface area (Å²) in [5, 5.41) is 2.64. The molecule has 0 fully saturated rings. The molecule has 0 aliphatic rings. The summed E-state index contributed by atoms with van der Waals surface area (Å²) in [7, 11) is 0. The summed E-state index contributed by atoms with van der Waals surface area (Å²) >= 11 is 0. The second kappa shape index (κ2) is 6.47. The molecular weight excluding hydrogens is 259 g/mol. The number of pyridine rings is 1. The van der Waals surface area contributed by atoms with Crippen molar-refractivity contribution in [3.8, 4) is 11.6 Å². The van der Waals surface area contributed by atoms with Crippen molar-refractivity contribution in [1.82, 2.24) is 10.3 Å². The van der Waals surface area contributed by atoms with Crippen molar-refractivity contribution < 1.29 is 13.9 Å². The lowest BCUT2D eigenvalue weighted by atomic mass is 10.3. The quantitative estimate of drug-likeness (QED) is 0.851. The molecule has 1 aromatic heterocycles. The Balaban J connectivity index is 1.97. The highest BCUT2D eigenvalue weighted by molar-refractivity contribution is 5.86. The summed E-state index contributed by atoms with van der Waals surface area (Å²) in [6.07, 6.45) is 2.78. The molecule has 0 saturated carbocycles. The third-order valence-corrected chi connectivity index (χ3v) is 2.47. The number of nitrogens with zero attached hydrogens (tertiary/aromatic N) is 1. The molecule has 20 heavy (non-hydrogen) atoms. The highest BCUT2D eigenvalue weighted by atomic mass is 19.1. The molecule has 2 rings (SSSR count). The Kier molecular flexibility index (Phi) is 4.44. The fourth-order valence-corrected chi connectivity index (χ4v) is 1.49. The number of carbonyl (C=O) groups is 1. The number of aromatic nitrogens is 1. The average molecular weight is 272 g/mol. The van der Waals surface area contributed by atoms with Gasteiger partial charge >= 0.3 is 0 Å². The molecule has 0 atom stereocenters. The van der Waals surface area contributed by atoms with Crippen LogP contribution in [0.2, 0.25) is 0 Å². The van der Waals surface area contributed by atoms with Crippen LogP contribution in [0, 0.1) is 5.82 Å². The average Bonchev–Trinajstić information content (AvgIpc) is 2.46. The van der Waals surface area contributed by atoms with Crippen molar-refractivity contribution in [2.75, 3.05) is 0 Å². The normalized spacial score (nSPS) is 9.85. The van der Waals surface area contributed by atoms with Crippen LogP contribution in [-0.4, -0.2) is 10.9 Å². The fourth-order valence-electron chi connectivity index (χ4n) is 1.49. The maximum absolute atomic E-state index is 13.0. The van der Waals surface area contributed by atoms with Crippen LogP contribution < -0.4 is 10.1 Å². The molecular formula is C15H13FN2O2. The van der Waals surface area contributed by atoms with Gasteiger partial charge in [0.1, 0.15) is 11.6 Å². The summed E-state index contributed by atoms with van der Waals surface area (Å²) in [5.74, 6) is 0.121. The first-order valence-corrected chi connectivity index (χ1v) is 5.96. The minimum Gasteiger partial charge on any atom is -0.439 e. The number of hydrogen-bond acceptors (Lipinski definition) is 3. The first-order chi connectivity index (χ1) is 9.67. The van der Waals surface area contributed by atoms with Gasteiger partial charge in [0.15, 0.2) is 0 Å². The third-order valence-electron chi connectivity index (χ3n) is 2.47. The molecule has 1 aromatic carbocycles. The minimum absolute atomic E-state index is 0.245. The van der Waals surface area contributed by atoms with Crippen LogP contribution >= 0.6 is 0 Å². The molecule has 1 N–H and O–H groups in total. The molecule has 5 heteroatoms. The van der Waals surface area contributed by atoms with Gasteiger partial charge in [0.2, 0.25) is 11.8 Å². The van der Waals surface area contributed by atoms with Crippen molar-refractivity contribution >= 4 is 5.91 Å². The van der Waals surface area contributed by atoms with Gasteiger partial charge in [-0.25, -0.2) is 9.37 Å². The van der Waals surface area contributed by atoms with E-state index >= 15 is 0 Å². The van der Waals surface area contributed by atoms with Crippen LogP contribution in [-0.2, 0) is 11.3 Å². The summed E-state index contributed by atoms with van der Waals surface area (Å²) < 4.78 is 18.4. The van der Waals surface area contributed by atoms with Gasteiger partial charge in [-0.3, -0.25) is 4.79 Å². The maximum Gasteiger partial charge on any atom is 0.243 e. The predicted octanol–water partition coefficient (Wildman–Crippen LogP) is 2.82. The fraction of sp³-hybridized carbons (Fsp3) is 0.0667. The molecule has 1 amide bonds. The van der Waals surface area contributed by atoms with E-state index in [0.29, 0.717) is 18.2 Å². The van der Waals surface area contributed by atoms with Crippen LogP contribution in [0.4, 0.5) is 4.39 Å². The van der Waals surface area contributed by atoms with Crippen LogP contribution in [0.1, 0.15) is 5.56 Å². The van der Waals surface area contributed by atoms with Gasteiger partial charge in [0.25, 0.3) is 0 Å². The zero-order valence-electron chi connectivity index (χ0n) is 10.7. The number of ether oxygens (including phenoxy) is 1. The third kappa shape index (κ3) is 3.91. The molecule has 0 radical (unpaired) electrons. The van der Waals surface area contributed by atoms with Gasteiger partial charge in [-0.05, 0) is 23.8 Å². The van der Waals surface area contributed by atoms with Crippen molar-refractivity contribution in [1.29, 1.82) is 0 Å². The number of rotatable bonds is 5. The number of benzene rings is 1. The number of amides is 1.